The molecule has 0 saturated carbocycles. The van der Waals surface area contributed by atoms with Crippen molar-refractivity contribution in [1.29, 1.82) is 0 Å². The molecule has 0 N–H and O–H groups in total. The minimum atomic E-state index is 0.0336. The lowest BCUT2D eigenvalue weighted by Crippen LogP contribution is -2.38. The minimum Gasteiger partial charge on any atom is -0.496 e. The lowest BCUT2D eigenvalue weighted by Gasteiger charge is -2.25. The van der Waals surface area contributed by atoms with Gasteiger partial charge in [-0.25, -0.2) is 0 Å². The van der Waals surface area contributed by atoms with E-state index in [-0.39, 0.29) is 11.9 Å². The van der Waals surface area contributed by atoms with Gasteiger partial charge >= 0.3 is 0 Å². The smallest absolute Gasteiger partial charge is 0.257 e. The van der Waals surface area contributed by atoms with E-state index in [1.165, 1.54) is 5.56 Å². The van der Waals surface area contributed by atoms with Crippen LogP contribution < -0.4 is 4.74 Å². The Bertz CT molecular complexity index is 714. The summed E-state index contributed by atoms with van der Waals surface area (Å²) in [6, 6.07) is 16.3. The van der Waals surface area contributed by atoms with Crippen molar-refractivity contribution in [2.24, 2.45) is 0 Å². The van der Waals surface area contributed by atoms with Crippen molar-refractivity contribution in [3.8, 4) is 5.75 Å². The van der Waals surface area contributed by atoms with Gasteiger partial charge in [0.15, 0.2) is 0 Å². The molecule has 0 unspecified atom stereocenters. The van der Waals surface area contributed by atoms with E-state index in [9.17, 15) is 4.79 Å². The molecule has 4 heteroatoms. The monoisotopic (exact) mass is 339 g/mol. The van der Waals surface area contributed by atoms with E-state index in [2.05, 4.69) is 12.1 Å². The summed E-state index contributed by atoms with van der Waals surface area (Å²) >= 11 is 0. The van der Waals surface area contributed by atoms with Gasteiger partial charge in [-0.15, -0.1) is 0 Å². The highest BCUT2D eigenvalue weighted by Crippen LogP contribution is 2.27. The quantitative estimate of drug-likeness (QED) is 0.808. The summed E-state index contributed by atoms with van der Waals surface area (Å²) in [5.74, 6) is 0.663. The number of amides is 1. The molecule has 1 saturated heterocycles. The second-order valence-corrected chi connectivity index (χ2v) is 6.45. The molecule has 1 amide bonds. The molecule has 1 fully saturated rings. The number of rotatable bonds is 6. The van der Waals surface area contributed by atoms with Gasteiger partial charge < -0.3 is 14.4 Å². The van der Waals surface area contributed by atoms with Gasteiger partial charge in [0.1, 0.15) is 5.75 Å². The Morgan fingerprint density at radius 2 is 1.92 bits per heavy atom. The fraction of sp³-hybridized carbons (Fsp3) is 0.381. The van der Waals surface area contributed by atoms with Crippen LogP contribution >= 0.6 is 0 Å². The molecule has 1 atom stereocenters. The summed E-state index contributed by atoms with van der Waals surface area (Å²) in [6.07, 6.45) is 2.81. The average molecular weight is 339 g/mol. The van der Waals surface area contributed by atoms with E-state index in [0.717, 1.165) is 31.4 Å². The van der Waals surface area contributed by atoms with Crippen LogP contribution in [0.25, 0.3) is 0 Å². The molecule has 132 valence electrons. The first-order chi connectivity index (χ1) is 12.2. The number of ether oxygens (including phenoxy) is 2. The largest absolute Gasteiger partial charge is 0.496 e. The first-order valence-corrected chi connectivity index (χ1v) is 8.73. The Kier molecular flexibility index (Phi) is 5.71. The molecular formula is C21H25NO3. The molecule has 1 heterocycles. The van der Waals surface area contributed by atoms with Crippen LogP contribution in [0.5, 0.6) is 5.75 Å². The zero-order valence-electron chi connectivity index (χ0n) is 14.9. The van der Waals surface area contributed by atoms with Crippen LogP contribution in [0.15, 0.2) is 48.5 Å². The third-order valence-corrected chi connectivity index (χ3v) is 4.74. The van der Waals surface area contributed by atoms with Crippen LogP contribution in [0, 0.1) is 0 Å². The SMILES string of the molecule is COC[C@@H]1CCCN1C(=O)c1cc(Cc2ccccc2)ccc1OC. The van der Waals surface area contributed by atoms with Gasteiger partial charge in [0, 0.05) is 13.7 Å². The Morgan fingerprint density at radius 1 is 1.12 bits per heavy atom. The average Bonchev–Trinajstić information content (AvgIpc) is 3.10. The number of hydrogen-bond acceptors (Lipinski definition) is 3. The standard InChI is InChI=1S/C21H25NO3/c1-24-15-18-9-6-12-22(18)21(23)19-14-17(10-11-20(19)25-2)13-16-7-4-3-5-8-16/h3-5,7-8,10-11,14,18H,6,9,12-13,15H2,1-2H3/t18-/m0/s1. The van der Waals surface area contributed by atoms with Crippen LogP contribution in [-0.2, 0) is 11.2 Å². The Hall–Kier alpha value is -2.33. The Balaban J connectivity index is 1.86. The molecule has 0 radical (unpaired) electrons. The third kappa shape index (κ3) is 4.02. The van der Waals surface area contributed by atoms with Crippen LogP contribution in [0.2, 0.25) is 0 Å². The van der Waals surface area contributed by atoms with Crippen molar-refractivity contribution in [3.63, 3.8) is 0 Å². The maximum absolute atomic E-state index is 13.1. The van der Waals surface area contributed by atoms with E-state index in [0.29, 0.717) is 17.9 Å². The summed E-state index contributed by atoms with van der Waals surface area (Å²) in [5, 5.41) is 0. The first-order valence-electron chi connectivity index (χ1n) is 8.73. The van der Waals surface area contributed by atoms with Crippen LogP contribution in [-0.4, -0.2) is 44.2 Å². The summed E-state index contributed by atoms with van der Waals surface area (Å²) in [5.41, 5.74) is 2.97. The predicted octanol–water partition coefficient (Wildman–Crippen LogP) is 3.54. The number of carbonyl (C=O) groups is 1. The van der Waals surface area contributed by atoms with Crippen LogP contribution in [0.4, 0.5) is 0 Å². The zero-order chi connectivity index (χ0) is 17.6. The third-order valence-electron chi connectivity index (χ3n) is 4.74. The number of methoxy groups -OCH3 is 2. The second-order valence-electron chi connectivity index (χ2n) is 6.45. The summed E-state index contributed by atoms with van der Waals surface area (Å²) < 4.78 is 10.7. The maximum Gasteiger partial charge on any atom is 0.257 e. The van der Waals surface area contributed by atoms with E-state index < -0.39 is 0 Å². The zero-order valence-corrected chi connectivity index (χ0v) is 14.9. The van der Waals surface area contributed by atoms with E-state index >= 15 is 0 Å². The number of likely N-dealkylation sites (tertiary alicyclic amines) is 1. The first kappa shape index (κ1) is 17.5. The van der Waals surface area contributed by atoms with Gasteiger partial charge in [-0.05, 0) is 42.5 Å². The fourth-order valence-electron chi connectivity index (χ4n) is 3.49. The molecule has 25 heavy (non-hydrogen) atoms. The Morgan fingerprint density at radius 3 is 2.64 bits per heavy atom. The molecule has 2 aromatic carbocycles. The van der Waals surface area contributed by atoms with Crippen molar-refractivity contribution in [2.75, 3.05) is 27.4 Å². The second kappa shape index (κ2) is 8.17. The topological polar surface area (TPSA) is 38.8 Å². The van der Waals surface area contributed by atoms with Gasteiger partial charge in [-0.3, -0.25) is 4.79 Å². The number of benzene rings is 2. The van der Waals surface area contributed by atoms with Gasteiger partial charge in [-0.1, -0.05) is 36.4 Å². The van der Waals surface area contributed by atoms with Crippen LogP contribution in [0.1, 0.15) is 34.3 Å². The van der Waals surface area contributed by atoms with Gasteiger partial charge in [0.25, 0.3) is 5.91 Å². The summed E-state index contributed by atoms with van der Waals surface area (Å²) in [4.78, 5) is 15.0. The molecule has 0 aliphatic carbocycles. The van der Waals surface area contributed by atoms with E-state index in [1.807, 2.05) is 41.3 Å². The normalized spacial score (nSPS) is 16.9. The molecule has 0 aromatic heterocycles. The lowest BCUT2D eigenvalue weighted by atomic mass is 10.0. The number of hydrogen-bond donors (Lipinski definition) is 0. The lowest BCUT2D eigenvalue weighted by molar-refractivity contribution is 0.0627. The molecule has 2 aromatic rings. The number of carbonyl (C=O) groups excluding carboxylic acids is 1. The van der Waals surface area contributed by atoms with Gasteiger partial charge in [-0.2, -0.15) is 0 Å². The molecule has 1 aliphatic heterocycles. The highest BCUT2D eigenvalue weighted by molar-refractivity contribution is 5.97. The van der Waals surface area contributed by atoms with Gasteiger partial charge in [0.2, 0.25) is 0 Å². The summed E-state index contributed by atoms with van der Waals surface area (Å²) in [7, 11) is 3.29. The molecule has 3 rings (SSSR count). The predicted molar refractivity (Wildman–Crippen MR) is 98.2 cm³/mol. The Labute approximate surface area is 149 Å². The number of nitrogens with zero attached hydrogens (tertiary/aromatic N) is 1. The van der Waals surface area contributed by atoms with Crippen molar-refractivity contribution in [1.82, 2.24) is 4.90 Å². The minimum absolute atomic E-state index is 0.0336. The van der Waals surface area contributed by atoms with Crippen molar-refractivity contribution in [2.45, 2.75) is 25.3 Å². The van der Waals surface area contributed by atoms with E-state index in [1.54, 1.807) is 14.2 Å². The molecular weight excluding hydrogens is 314 g/mol. The molecule has 0 bridgehead atoms. The molecule has 1 aliphatic rings. The summed E-state index contributed by atoms with van der Waals surface area (Å²) in [6.45, 7) is 1.36. The highest BCUT2D eigenvalue weighted by atomic mass is 16.5. The van der Waals surface area contributed by atoms with Crippen molar-refractivity contribution in [3.05, 3.63) is 65.2 Å². The fourth-order valence-corrected chi connectivity index (χ4v) is 3.49. The van der Waals surface area contributed by atoms with Crippen molar-refractivity contribution < 1.29 is 14.3 Å². The van der Waals surface area contributed by atoms with Crippen LogP contribution in [0.3, 0.4) is 0 Å². The molecule has 0 spiro atoms. The van der Waals surface area contributed by atoms with E-state index in [4.69, 9.17) is 9.47 Å². The highest BCUT2D eigenvalue weighted by Gasteiger charge is 2.30. The maximum atomic E-state index is 13.1. The van der Waals surface area contributed by atoms with Gasteiger partial charge in [0.05, 0.1) is 25.3 Å². The molecule has 4 nitrogen and oxygen atoms in total. The van der Waals surface area contributed by atoms with Crippen molar-refractivity contribution >= 4 is 5.91 Å².